The molecule has 1 atom stereocenters. The number of carbonyl (C=O) groups is 1. The number of carbonyl (C=O) groups excluding carboxylic acids is 1. The molecule has 0 aromatic heterocycles. The third-order valence-electron chi connectivity index (χ3n) is 2.73. The summed E-state index contributed by atoms with van der Waals surface area (Å²) in [4.78, 5) is 11.6. The first-order valence-corrected chi connectivity index (χ1v) is 6.75. The summed E-state index contributed by atoms with van der Waals surface area (Å²) in [7, 11) is 0. The lowest BCUT2D eigenvalue weighted by atomic mass is 10.0. The molecule has 1 aromatic rings. The smallest absolute Gasteiger partial charge is 0.407 e. The molecule has 4 nitrogen and oxygen atoms in total. The van der Waals surface area contributed by atoms with Crippen molar-refractivity contribution in [2.45, 2.75) is 45.3 Å². The Morgan fingerprint density at radius 3 is 2.60 bits per heavy atom. The molecule has 0 heterocycles. The molecule has 0 aliphatic carbocycles. The van der Waals surface area contributed by atoms with E-state index >= 15 is 0 Å². The van der Waals surface area contributed by atoms with Crippen LogP contribution >= 0.6 is 0 Å². The summed E-state index contributed by atoms with van der Waals surface area (Å²) in [5, 5.41) is 2.70. The van der Waals surface area contributed by atoms with E-state index in [0.717, 1.165) is 0 Å². The number of amides is 1. The molecule has 0 aliphatic rings. The molecule has 0 radical (unpaired) electrons. The second-order valence-corrected chi connectivity index (χ2v) is 5.71. The van der Waals surface area contributed by atoms with Crippen molar-refractivity contribution in [2.24, 2.45) is 5.73 Å². The van der Waals surface area contributed by atoms with E-state index in [2.05, 4.69) is 5.32 Å². The van der Waals surface area contributed by atoms with E-state index < -0.39 is 11.7 Å². The molecule has 0 fully saturated rings. The van der Waals surface area contributed by atoms with Gasteiger partial charge in [-0.1, -0.05) is 18.2 Å². The molecule has 0 saturated heterocycles. The summed E-state index contributed by atoms with van der Waals surface area (Å²) in [5.41, 5.74) is 5.70. The van der Waals surface area contributed by atoms with Gasteiger partial charge in [-0.2, -0.15) is 0 Å². The van der Waals surface area contributed by atoms with Gasteiger partial charge in [0.05, 0.1) is 0 Å². The van der Waals surface area contributed by atoms with Gasteiger partial charge in [-0.25, -0.2) is 9.18 Å². The van der Waals surface area contributed by atoms with E-state index in [0.29, 0.717) is 18.4 Å². The van der Waals surface area contributed by atoms with Crippen LogP contribution in [-0.4, -0.2) is 24.3 Å². The molecule has 3 N–H and O–H groups in total. The van der Waals surface area contributed by atoms with Crippen LogP contribution in [0.2, 0.25) is 0 Å². The van der Waals surface area contributed by atoms with Crippen LogP contribution in [0.1, 0.15) is 32.8 Å². The van der Waals surface area contributed by atoms with Crippen molar-refractivity contribution in [3.8, 4) is 0 Å². The lowest BCUT2D eigenvalue weighted by molar-refractivity contribution is 0.0503. The summed E-state index contributed by atoms with van der Waals surface area (Å²) >= 11 is 0. The average molecular weight is 282 g/mol. The molecule has 1 unspecified atom stereocenters. The molecule has 0 aliphatic heterocycles. The van der Waals surface area contributed by atoms with Gasteiger partial charge in [0.1, 0.15) is 11.4 Å². The van der Waals surface area contributed by atoms with Crippen molar-refractivity contribution in [1.29, 1.82) is 0 Å². The molecular weight excluding hydrogens is 259 g/mol. The SMILES string of the molecule is CC(C)(C)OC(=O)NC(CN)CCc1ccccc1F. The standard InChI is InChI=1S/C15H23FN2O2/c1-15(2,3)20-14(19)18-12(10-17)9-8-11-6-4-5-7-13(11)16/h4-7,12H,8-10,17H2,1-3H3,(H,18,19). The van der Waals surface area contributed by atoms with Gasteiger partial charge in [0.15, 0.2) is 0 Å². The van der Waals surface area contributed by atoms with Crippen LogP contribution in [0.4, 0.5) is 9.18 Å². The molecule has 1 aromatic carbocycles. The Morgan fingerprint density at radius 1 is 1.40 bits per heavy atom. The Bertz CT molecular complexity index is 444. The Morgan fingerprint density at radius 2 is 2.05 bits per heavy atom. The number of alkyl carbamates (subject to hydrolysis) is 1. The third-order valence-corrected chi connectivity index (χ3v) is 2.73. The van der Waals surface area contributed by atoms with Crippen LogP contribution in [0.25, 0.3) is 0 Å². The van der Waals surface area contributed by atoms with E-state index in [1.165, 1.54) is 6.07 Å². The number of ether oxygens (including phenoxy) is 1. The van der Waals surface area contributed by atoms with Crippen LogP contribution in [0, 0.1) is 5.82 Å². The van der Waals surface area contributed by atoms with Crippen molar-refractivity contribution >= 4 is 6.09 Å². The van der Waals surface area contributed by atoms with Crippen LogP contribution in [0.5, 0.6) is 0 Å². The summed E-state index contributed by atoms with van der Waals surface area (Å²) in [5.74, 6) is -0.236. The van der Waals surface area contributed by atoms with E-state index in [1.54, 1.807) is 39.0 Å². The molecular formula is C15H23FN2O2. The van der Waals surface area contributed by atoms with Gasteiger partial charge >= 0.3 is 6.09 Å². The van der Waals surface area contributed by atoms with Crippen LogP contribution in [-0.2, 0) is 11.2 Å². The maximum atomic E-state index is 13.5. The fraction of sp³-hybridized carbons (Fsp3) is 0.533. The third kappa shape index (κ3) is 6.02. The molecule has 0 saturated carbocycles. The Labute approximate surface area is 119 Å². The van der Waals surface area contributed by atoms with Crippen molar-refractivity contribution in [2.75, 3.05) is 6.54 Å². The molecule has 5 heteroatoms. The Balaban J connectivity index is 2.48. The lowest BCUT2D eigenvalue weighted by Crippen LogP contribution is -2.43. The number of benzene rings is 1. The second kappa shape index (κ2) is 7.24. The number of nitrogens with two attached hydrogens (primary N) is 1. The topological polar surface area (TPSA) is 64.3 Å². The zero-order valence-electron chi connectivity index (χ0n) is 12.3. The number of rotatable bonds is 5. The highest BCUT2D eigenvalue weighted by atomic mass is 19.1. The minimum atomic E-state index is -0.547. The van der Waals surface area contributed by atoms with Crippen LogP contribution in [0.15, 0.2) is 24.3 Å². The fourth-order valence-electron chi connectivity index (χ4n) is 1.75. The summed E-state index contributed by atoms with van der Waals surface area (Å²) in [6, 6.07) is 6.37. The fourth-order valence-corrected chi connectivity index (χ4v) is 1.75. The maximum absolute atomic E-state index is 13.5. The zero-order chi connectivity index (χ0) is 15.2. The van der Waals surface area contributed by atoms with Gasteiger partial charge in [-0.3, -0.25) is 0 Å². The first-order valence-electron chi connectivity index (χ1n) is 6.75. The molecule has 1 amide bonds. The first-order chi connectivity index (χ1) is 9.31. The van der Waals surface area contributed by atoms with Gasteiger partial charge < -0.3 is 15.8 Å². The number of aryl methyl sites for hydroxylation is 1. The minimum Gasteiger partial charge on any atom is -0.444 e. The second-order valence-electron chi connectivity index (χ2n) is 5.71. The average Bonchev–Trinajstić information content (AvgIpc) is 2.34. The molecule has 1 rings (SSSR count). The zero-order valence-corrected chi connectivity index (χ0v) is 12.3. The summed E-state index contributed by atoms with van der Waals surface area (Å²) in [6.07, 6.45) is 0.586. The molecule has 112 valence electrons. The quantitative estimate of drug-likeness (QED) is 0.872. The highest BCUT2D eigenvalue weighted by Crippen LogP contribution is 2.11. The van der Waals surface area contributed by atoms with Gasteiger partial charge in [-0.15, -0.1) is 0 Å². The van der Waals surface area contributed by atoms with Crippen molar-refractivity contribution in [3.05, 3.63) is 35.6 Å². The molecule has 20 heavy (non-hydrogen) atoms. The molecule has 0 spiro atoms. The monoisotopic (exact) mass is 282 g/mol. The van der Waals surface area contributed by atoms with Crippen LogP contribution < -0.4 is 11.1 Å². The van der Waals surface area contributed by atoms with E-state index in [4.69, 9.17) is 10.5 Å². The van der Waals surface area contributed by atoms with Gasteiger partial charge in [0, 0.05) is 12.6 Å². The predicted octanol–water partition coefficient (Wildman–Crippen LogP) is 2.61. The highest BCUT2D eigenvalue weighted by Gasteiger charge is 2.19. The number of hydrogen-bond acceptors (Lipinski definition) is 3. The summed E-state index contributed by atoms with van der Waals surface area (Å²) in [6.45, 7) is 5.67. The predicted molar refractivity (Wildman–Crippen MR) is 76.9 cm³/mol. The summed E-state index contributed by atoms with van der Waals surface area (Å²) < 4.78 is 18.7. The maximum Gasteiger partial charge on any atom is 0.407 e. The van der Waals surface area contributed by atoms with Crippen molar-refractivity contribution in [3.63, 3.8) is 0 Å². The van der Waals surface area contributed by atoms with E-state index in [1.807, 2.05) is 0 Å². The van der Waals surface area contributed by atoms with Gasteiger partial charge in [-0.05, 0) is 45.2 Å². The Hall–Kier alpha value is -1.62. The van der Waals surface area contributed by atoms with Crippen molar-refractivity contribution in [1.82, 2.24) is 5.32 Å². The first kappa shape index (κ1) is 16.4. The normalized spacial score (nSPS) is 12.8. The van der Waals surface area contributed by atoms with E-state index in [9.17, 15) is 9.18 Å². The largest absolute Gasteiger partial charge is 0.444 e. The lowest BCUT2D eigenvalue weighted by Gasteiger charge is -2.23. The number of hydrogen-bond donors (Lipinski definition) is 2. The number of nitrogens with one attached hydrogen (secondary N) is 1. The highest BCUT2D eigenvalue weighted by molar-refractivity contribution is 5.68. The number of halogens is 1. The minimum absolute atomic E-state index is 0.232. The molecule has 0 bridgehead atoms. The van der Waals surface area contributed by atoms with E-state index in [-0.39, 0.29) is 18.4 Å². The Kier molecular flexibility index (Phi) is 5.95. The van der Waals surface area contributed by atoms with Gasteiger partial charge in [0.2, 0.25) is 0 Å². The van der Waals surface area contributed by atoms with Crippen LogP contribution in [0.3, 0.4) is 0 Å². The van der Waals surface area contributed by atoms with Crippen molar-refractivity contribution < 1.29 is 13.9 Å². The van der Waals surface area contributed by atoms with Gasteiger partial charge in [0.25, 0.3) is 0 Å².